The maximum absolute atomic E-state index is 12.7. The van der Waals surface area contributed by atoms with Crippen molar-refractivity contribution in [3.8, 4) is 0 Å². The molecule has 26 heavy (non-hydrogen) atoms. The zero-order chi connectivity index (χ0) is 17.8. The molecule has 134 valence electrons. The number of piperidine rings is 1. The highest BCUT2D eigenvalue weighted by Gasteiger charge is 2.27. The van der Waals surface area contributed by atoms with E-state index in [1.165, 1.54) is 0 Å². The van der Waals surface area contributed by atoms with Crippen LogP contribution in [0.1, 0.15) is 35.8 Å². The van der Waals surface area contributed by atoms with E-state index >= 15 is 0 Å². The van der Waals surface area contributed by atoms with E-state index in [9.17, 15) is 4.79 Å². The first kappa shape index (κ1) is 17.0. The van der Waals surface area contributed by atoms with Crippen LogP contribution in [0.5, 0.6) is 0 Å². The topological polar surface area (TPSA) is 51.0 Å². The summed E-state index contributed by atoms with van der Waals surface area (Å²) < 4.78 is 2.17. The Labute approximate surface area is 157 Å². The maximum Gasteiger partial charge on any atom is 0.227 e. The molecule has 1 aliphatic heterocycles. The third kappa shape index (κ3) is 3.85. The van der Waals surface area contributed by atoms with Gasteiger partial charge in [0.15, 0.2) is 0 Å². The molecule has 1 aromatic carbocycles. The summed E-state index contributed by atoms with van der Waals surface area (Å²) in [6.45, 7) is 2.34. The second-order valence-electron chi connectivity index (χ2n) is 6.73. The van der Waals surface area contributed by atoms with Crippen molar-refractivity contribution in [2.24, 2.45) is 0 Å². The molecule has 1 fully saturated rings. The van der Waals surface area contributed by atoms with Crippen LogP contribution >= 0.6 is 11.3 Å². The van der Waals surface area contributed by atoms with Crippen molar-refractivity contribution in [1.82, 2.24) is 19.4 Å². The number of hydrogen-bond donors (Lipinski definition) is 0. The zero-order valence-electron chi connectivity index (χ0n) is 14.6. The lowest BCUT2D eigenvalue weighted by Crippen LogP contribution is -2.40. The quantitative estimate of drug-likeness (QED) is 0.696. The van der Waals surface area contributed by atoms with Crippen LogP contribution in [0.25, 0.3) is 0 Å². The van der Waals surface area contributed by atoms with Gasteiger partial charge in [0.2, 0.25) is 5.91 Å². The van der Waals surface area contributed by atoms with Gasteiger partial charge in [0.25, 0.3) is 0 Å². The highest BCUT2D eigenvalue weighted by Crippen LogP contribution is 2.26. The average molecular weight is 366 g/mol. The minimum atomic E-state index is 0.207. The van der Waals surface area contributed by atoms with Crippen LogP contribution in [0.4, 0.5) is 0 Å². The van der Waals surface area contributed by atoms with Crippen molar-refractivity contribution in [1.29, 1.82) is 0 Å². The Bertz CT molecular complexity index is 844. The lowest BCUT2D eigenvalue weighted by atomic mass is 9.96. The van der Waals surface area contributed by atoms with Gasteiger partial charge in [-0.15, -0.1) is 11.3 Å². The lowest BCUT2D eigenvalue weighted by Gasteiger charge is -2.32. The maximum atomic E-state index is 12.7. The fourth-order valence-electron chi connectivity index (χ4n) is 3.60. The number of likely N-dealkylation sites (tertiary alicyclic amines) is 1. The summed E-state index contributed by atoms with van der Waals surface area (Å²) in [5, 5.41) is 2.07. The fourth-order valence-corrected chi connectivity index (χ4v) is 4.15. The number of aromatic nitrogens is 3. The Morgan fingerprint density at radius 3 is 2.92 bits per heavy atom. The van der Waals surface area contributed by atoms with Crippen molar-refractivity contribution in [2.45, 2.75) is 31.7 Å². The number of imidazole rings is 1. The van der Waals surface area contributed by atoms with Gasteiger partial charge >= 0.3 is 0 Å². The number of carbonyl (C=O) groups excluding carboxylic acids is 1. The first-order valence-electron chi connectivity index (χ1n) is 8.99. The van der Waals surface area contributed by atoms with Gasteiger partial charge in [-0.25, -0.2) is 9.97 Å². The molecule has 0 saturated carbocycles. The molecule has 0 bridgehead atoms. The lowest BCUT2D eigenvalue weighted by molar-refractivity contribution is -0.131. The van der Waals surface area contributed by atoms with Crippen molar-refractivity contribution in [3.05, 3.63) is 70.7 Å². The standard InChI is InChI=1S/C20H22N4OS/c25-19(11-16-5-2-1-3-6-16)23-9-4-7-17(12-23)20-21-8-10-24(20)13-18-14-26-15-22-18/h1-3,5-6,8,10,14-15,17H,4,7,9,11-13H2/t17-/m1/s1. The number of thiazole rings is 1. The van der Waals surface area contributed by atoms with Gasteiger partial charge in [-0.05, 0) is 18.4 Å². The summed E-state index contributed by atoms with van der Waals surface area (Å²) in [4.78, 5) is 23.7. The predicted octanol–water partition coefficient (Wildman–Crippen LogP) is 3.34. The molecule has 3 heterocycles. The van der Waals surface area contributed by atoms with Gasteiger partial charge < -0.3 is 9.47 Å². The minimum Gasteiger partial charge on any atom is -0.342 e. The van der Waals surface area contributed by atoms with E-state index in [0.29, 0.717) is 6.42 Å². The second-order valence-corrected chi connectivity index (χ2v) is 7.45. The van der Waals surface area contributed by atoms with Gasteiger partial charge in [0.05, 0.1) is 24.2 Å². The normalized spacial score (nSPS) is 17.4. The molecule has 1 amide bonds. The zero-order valence-corrected chi connectivity index (χ0v) is 15.4. The molecule has 0 radical (unpaired) electrons. The Hall–Kier alpha value is -2.47. The first-order chi connectivity index (χ1) is 12.8. The molecule has 6 heteroatoms. The fraction of sp³-hybridized carbons (Fsp3) is 0.350. The Morgan fingerprint density at radius 2 is 2.12 bits per heavy atom. The molecular formula is C20H22N4OS. The molecule has 0 spiro atoms. The highest BCUT2D eigenvalue weighted by molar-refractivity contribution is 7.07. The number of benzene rings is 1. The number of rotatable bonds is 5. The Balaban J connectivity index is 1.44. The number of nitrogens with zero attached hydrogens (tertiary/aromatic N) is 4. The second kappa shape index (κ2) is 7.83. The van der Waals surface area contributed by atoms with E-state index in [4.69, 9.17) is 0 Å². The van der Waals surface area contributed by atoms with Gasteiger partial charge in [-0.3, -0.25) is 4.79 Å². The predicted molar refractivity (Wildman–Crippen MR) is 102 cm³/mol. The van der Waals surface area contributed by atoms with Crippen LogP contribution in [-0.4, -0.2) is 38.4 Å². The molecule has 1 atom stereocenters. The molecule has 4 rings (SSSR count). The smallest absolute Gasteiger partial charge is 0.227 e. The van der Waals surface area contributed by atoms with E-state index < -0.39 is 0 Å². The molecule has 1 saturated heterocycles. The Kier molecular flexibility index (Phi) is 5.11. The Morgan fingerprint density at radius 1 is 1.23 bits per heavy atom. The van der Waals surface area contributed by atoms with Crippen molar-refractivity contribution < 1.29 is 4.79 Å². The number of carbonyl (C=O) groups is 1. The molecule has 5 nitrogen and oxygen atoms in total. The summed E-state index contributed by atoms with van der Waals surface area (Å²) in [5.74, 6) is 1.56. The van der Waals surface area contributed by atoms with Crippen LogP contribution in [-0.2, 0) is 17.8 Å². The highest BCUT2D eigenvalue weighted by atomic mass is 32.1. The number of hydrogen-bond acceptors (Lipinski definition) is 4. The molecule has 1 aliphatic rings. The van der Waals surface area contributed by atoms with Gasteiger partial charge in [0.1, 0.15) is 5.82 Å². The SMILES string of the molecule is O=C(Cc1ccccc1)N1CCC[C@@H](c2nccn2Cc2cscn2)C1. The van der Waals surface area contributed by atoms with Crippen LogP contribution in [0.3, 0.4) is 0 Å². The molecule has 0 aliphatic carbocycles. The molecule has 3 aromatic rings. The first-order valence-corrected chi connectivity index (χ1v) is 9.93. The van der Waals surface area contributed by atoms with Gasteiger partial charge in [-0.1, -0.05) is 30.3 Å². The largest absolute Gasteiger partial charge is 0.342 e. The van der Waals surface area contributed by atoms with Crippen molar-refractivity contribution >= 4 is 17.2 Å². The summed E-state index contributed by atoms with van der Waals surface area (Å²) in [6, 6.07) is 9.97. The van der Waals surface area contributed by atoms with E-state index in [1.54, 1.807) is 11.3 Å². The van der Waals surface area contributed by atoms with E-state index in [2.05, 4.69) is 19.9 Å². The average Bonchev–Trinajstić information content (AvgIpc) is 3.35. The summed E-state index contributed by atoms with van der Waals surface area (Å²) in [6.07, 6.45) is 6.44. The minimum absolute atomic E-state index is 0.207. The summed E-state index contributed by atoms with van der Waals surface area (Å²) in [7, 11) is 0. The van der Waals surface area contributed by atoms with Crippen LogP contribution < -0.4 is 0 Å². The van der Waals surface area contributed by atoms with Crippen LogP contribution in [0.15, 0.2) is 53.6 Å². The van der Waals surface area contributed by atoms with Gasteiger partial charge in [0, 0.05) is 36.8 Å². The molecule has 0 N–H and O–H groups in total. The monoisotopic (exact) mass is 366 g/mol. The van der Waals surface area contributed by atoms with E-state index in [1.807, 2.05) is 53.1 Å². The molecule has 0 unspecified atom stereocenters. The van der Waals surface area contributed by atoms with E-state index in [0.717, 1.165) is 49.6 Å². The van der Waals surface area contributed by atoms with Crippen molar-refractivity contribution in [3.63, 3.8) is 0 Å². The third-order valence-electron chi connectivity index (χ3n) is 4.90. The summed E-state index contributed by atoms with van der Waals surface area (Å²) >= 11 is 1.61. The number of amides is 1. The van der Waals surface area contributed by atoms with Crippen molar-refractivity contribution in [2.75, 3.05) is 13.1 Å². The van der Waals surface area contributed by atoms with Crippen LogP contribution in [0, 0.1) is 0 Å². The molecular weight excluding hydrogens is 344 g/mol. The third-order valence-corrected chi connectivity index (χ3v) is 5.54. The summed E-state index contributed by atoms with van der Waals surface area (Å²) in [5.41, 5.74) is 3.99. The molecule has 2 aromatic heterocycles. The van der Waals surface area contributed by atoms with Gasteiger partial charge in [-0.2, -0.15) is 0 Å². The van der Waals surface area contributed by atoms with E-state index in [-0.39, 0.29) is 11.8 Å². The van der Waals surface area contributed by atoms with Crippen LogP contribution in [0.2, 0.25) is 0 Å².